The van der Waals surface area contributed by atoms with Gasteiger partial charge in [-0.25, -0.2) is 4.98 Å². The zero-order valence-corrected chi connectivity index (χ0v) is 31.2. The molecule has 7 rings (SSSR count). The SMILES string of the molecule is Bc1c(B)c(B)c2c(-n3c(C(B)(B)C(B)(B)B)nc4ccccc43)c3c(B)c(B)c(B)c(B)c3c(-c3ccc4ccccc4c3)c2c1B. The van der Waals surface area contributed by atoms with Crippen molar-refractivity contribution in [3.8, 4) is 16.8 Å². The van der Waals surface area contributed by atoms with Crippen molar-refractivity contribution in [3.05, 3.63) is 72.6 Å². The summed E-state index contributed by atoms with van der Waals surface area (Å²) in [5.74, 6) is 1.11. The molecule has 0 atom stereocenters. The van der Waals surface area contributed by atoms with Crippen LogP contribution in [0.5, 0.6) is 0 Å². The smallest absolute Gasteiger partial charge is 0.139 e. The summed E-state index contributed by atoms with van der Waals surface area (Å²) < 4.78 is 2.57. The lowest BCUT2D eigenvalue weighted by Gasteiger charge is -2.40. The normalized spacial score (nSPS) is 12.4. The quantitative estimate of drug-likeness (QED) is 0.145. The first-order chi connectivity index (χ1) is 22.6. The molecule has 0 N–H and O–H groups in total. The summed E-state index contributed by atoms with van der Waals surface area (Å²) in [7, 11) is 30.4. The number of rotatable bonds is 4. The fourth-order valence-corrected chi connectivity index (χ4v) is 7.96. The van der Waals surface area contributed by atoms with E-state index in [2.05, 4.69) is 173 Å². The third kappa shape index (κ3) is 4.55. The molecule has 0 fully saturated rings. The third-order valence-electron chi connectivity index (χ3n) is 12.6. The zero-order chi connectivity index (χ0) is 34.6. The lowest BCUT2D eigenvalue weighted by molar-refractivity contribution is 0.760. The fourth-order valence-electron chi connectivity index (χ4n) is 7.96. The van der Waals surface area contributed by atoms with E-state index in [4.69, 9.17) is 4.98 Å². The van der Waals surface area contributed by atoms with Crippen LogP contribution in [0.1, 0.15) is 5.82 Å². The Morgan fingerprint density at radius 2 is 0.979 bits per heavy atom. The minimum Gasteiger partial charge on any atom is -0.296 e. The number of benzene rings is 6. The average Bonchev–Trinajstić information content (AvgIpc) is 3.46. The van der Waals surface area contributed by atoms with Gasteiger partial charge in [0.05, 0.1) is 40.3 Å². The van der Waals surface area contributed by atoms with Gasteiger partial charge in [0, 0.05) is 0 Å². The highest BCUT2D eigenvalue weighted by atomic mass is 15.1. The molecule has 0 aliphatic heterocycles. The van der Waals surface area contributed by atoms with Crippen LogP contribution in [0.25, 0.3) is 60.2 Å². The van der Waals surface area contributed by atoms with Gasteiger partial charge < -0.3 is 0 Å². The summed E-state index contributed by atoms with van der Waals surface area (Å²) >= 11 is 0. The molecule has 1 aromatic heterocycles. The van der Waals surface area contributed by atoms with E-state index >= 15 is 0 Å². The molecule has 48 heavy (non-hydrogen) atoms. The first-order valence-electron chi connectivity index (χ1n) is 17.5. The van der Waals surface area contributed by atoms with Crippen LogP contribution in [0, 0.1) is 0 Å². The van der Waals surface area contributed by atoms with Crippen molar-refractivity contribution in [2.75, 3.05) is 0 Å². The molecular formula is C33H37B13N2. The van der Waals surface area contributed by atoms with Crippen molar-refractivity contribution in [3.63, 3.8) is 0 Å². The van der Waals surface area contributed by atoms with Crippen LogP contribution >= 0.6 is 0 Å². The van der Waals surface area contributed by atoms with Gasteiger partial charge >= 0.3 is 0 Å². The van der Waals surface area contributed by atoms with Crippen molar-refractivity contribution in [2.24, 2.45) is 0 Å². The molecule has 0 aliphatic carbocycles. The Labute approximate surface area is 297 Å². The van der Waals surface area contributed by atoms with E-state index in [1.54, 1.807) is 0 Å². The average molecular weight is 602 g/mol. The Morgan fingerprint density at radius 1 is 0.500 bits per heavy atom. The second-order valence-electron chi connectivity index (χ2n) is 15.9. The van der Waals surface area contributed by atoms with Gasteiger partial charge in [-0.15, -0.1) is 27.0 Å². The Morgan fingerprint density at radius 3 is 1.52 bits per heavy atom. The third-order valence-corrected chi connectivity index (χ3v) is 12.6. The molecule has 7 aromatic rings. The van der Waals surface area contributed by atoms with Crippen LogP contribution in [-0.4, -0.2) is 112 Å². The topological polar surface area (TPSA) is 17.8 Å². The van der Waals surface area contributed by atoms with Crippen molar-refractivity contribution < 1.29 is 0 Å². The Bertz CT molecular complexity index is 2430. The van der Waals surface area contributed by atoms with E-state index in [-0.39, 0.29) is 10.3 Å². The number of hydrogen-bond donors (Lipinski definition) is 0. The summed E-state index contributed by atoms with van der Waals surface area (Å²) in [5.41, 5.74) is 17.0. The standard InChI is InChI=1S/C33H37B13N2/c34-22-18-17(14-10-9-12-5-1-2-6-13(12)11-14)19-21(25(37)29(41)27(39)23(19)35)30(20(18)24(36)28(40)26(22)38)48-16-8-4-3-7-15(16)47-31(48)32(42,43)33(44,45)46/h1-11H,34-46H2. The molecule has 0 bridgehead atoms. The Hall–Kier alpha value is -3.59. The van der Waals surface area contributed by atoms with Gasteiger partial charge in [-0.1, -0.05) is 70.4 Å². The maximum Gasteiger partial charge on any atom is 0.139 e. The van der Waals surface area contributed by atoms with Crippen LogP contribution in [0.2, 0.25) is 5.11 Å². The summed E-state index contributed by atoms with van der Waals surface area (Å²) in [5, 5.41) is 7.67. The molecule has 0 aliphatic rings. The highest BCUT2D eigenvalue weighted by molar-refractivity contribution is 6.71. The molecule has 0 unspecified atom stereocenters. The minimum atomic E-state index is -0.229. The molecule has 0 saturated heterocycles. The van der Waals surface area contributed by atoms with Gasteiger partial charge in [0.2, 0.25) is 0 Å². The molecule has 15 heteroatoms. The van der Waals surface area contributed by atoms with Gasteiger partial charge in [-0.2, -0.15) is 0 Å². The first kappa shape index (κ1) is 32.9. The zero-order valence-electron chi connectivity index (χ0n) is 31.2. The number of fused-ring (bicyclic) bond motifs is 4. The van der Waals surface area contributed by atoms with Crippen molar-refractivity contribution in [2.45, 2.75) is 10.3 Å². The summed E-state index contributed by atoms with van der Waals surface area (Å²) in [6.45, 7) is 0. The molecule has 2 nitrogen and oxygen atoms in total. The Kier molecular flexibility index (Phi) is 7.70. The summed E-state index contributed by atoms with van der Waals surface area (Å²) in [4.78, 5) is 5.50. The fraction of sp³-hybridized carbons (Fsp3) is 0.0606. The lowest BCUT2D eigenvalue weighted by atomic mass is 9.23. The maximum atomic E-state index is 5.50. The van der Waals surface area contributed by atoms with Gasteiger partial charge in [0.1, 0.15) is 84.3 Å². The number of nitrogens with zero attached hydrogens (tertiary/aromatic N) is 2. The summed E-state index contributed by atoms with van der Waals surface area (Å²) in [6, 6.07) is 24.6. The molecule has 0 saturated carbocycles. The Balaban J connectivity index is 1.86. The van der Waals surface area contributed by atoms with E-state index in [1.165, 1.54) is 92.8 Å². The highest BCUT2D eigenvalue weighted by Gasteiger charge is 2.39. The molecule has 0 radical (unpaired) electrons. The van der Waals surface area contributed by atoms with Crippen molar-refractivity contribution in [1.29, 1.82) is 0 Å². The summed E-state index contributed by atoms with van der Waals surface area (Å²) in [6.07, 6.45) is 0. The minimum absolute atomic E-state index is 0.0301. The van der Waals surface area contributed by atoms with Crippen LogP contribution < -0.4 is 43.7 Å². The molecule has 6 aromatic carbocycles. The molecule has 218 valence electrons. The second-order valence-corrected chi connectivity index (χ2v) is 15.9. The van der Waals surface area contributed by atoms with Gasteiger partial charge in [-0.3, -0.25) is 4.57 Å². The number of para-hydroxylation sites is 2. The molecule has 0 spiro atoms. The second kappa shape index (κ2) is 11.2. The van der Waals surface area contributed by atoms with Crippen LogP contribution in [0.4, 0.5) is 0 Å². The van der Waals surface area contributed by atoms with Crippen LogP contribution in [0.3, 0.4) is 0 Å². The van der Waals surface area contributed by atoms with Crippen molar-refractivity contribution in [1.82, 2.24) is 9.55 Å². The van der Waals surface area contributed by atoms with Crippen molar-refractivity contribution >= 4 is 189 Å². The highest BCUT2D eigenvalue weighted by Crippen LogP contribution is 2.43. The predicted octanol–water partition coefficient (Wildman–Crippen LogP) is -10.4. The lowest BCUT2D eigenvalue weighted by Crippen LogP contribution is -2.50. The van der Waals surface area contributed by atoms with Crippen LogP contribution in [0.15, 0.2) is 66.7 Å². The number of aromatic nitrogens is 2. The van der Waals surface area contributed by atoms with Gasteiger partial charge in [0.15, 0.2) is 0 Å². The molecule has 1 heterocycles. The maximum absolute atomic E-state index is 5.50. The van der Waals surface area contributed by atoms with E-state index in [9.17, 15) is 0 Å². The van der Waals surface area contributed by atoms with E-state index in [0.717, 1.165) is 16.9 Å². The van der Waals surface area contributed by atoms with Gasteiger partial charge in [-0.05, 0) is 66.9 Å². The first-order valence-corrected chi connectivity index (χ1v) is 17.5. The van der Waals surface area contributed by atoms with E-state index in [0.29, 0.717) is 0 Å². The molecule has 0 amide bonds. The monoisotopic (exact) mass is 604 g/mol. The van der Waals surface area contributed by atoms with Crippen LogP contribution in [-0.2, 0) is 5.21 Å². The van der Waals surface area contributed by atoms with E-state index in [1.807, 2.05) is 0 Å². The largest absolute Gasteiger partial charge is 0.296 e. The number of imidazole rings is 1. The van der Waals surface area contributed by atoms with E-state index < -0.39 is 0 Å². The predicted molar refractivity (Wildman–Crippen MR) is 252 cm³/mol. The molecular weight excluding hydrogens is 565 g/mol. The number of hydrogen-bond acceptors (Lipinski definition) is 1. The van der Waals surface area contributed by atoms with Gasteiger partial charge in [0.25, 0.3) is 0 Å².